The number of nitro groups is 1. The molecule has 0 bridgehead atoms. The normalized spacial score (nSPS) is 18.0. The van der Waals surface area contributed by atoms with E-state index in [1.807, 2.05) is 0 Å². The van der Waals surface area contributed by atoms with Gasteiger partial charge in [-0.3, -0.25) is 24.6 Å². The molecule has 0 radical (unpaired) electrons. The second-order valence-electron chi connectivity index (χ2n) is 5.47. The summed E-state index contributed by atoms with van der Waals surface area (Å²) in [6.07, 6.45) is 2.39. The average molecular weight is 356 g/mol. The predicted molar refractivity (Wildman–Crippen MR) is 88.0 cm³/mol. The minimum Gasteiger partial charge on any atom is -0.468 e. The van der Waals surface area contributed by atoms with Gasteiger partial charge in [0.2, 0.25) is 5.91 Å². The van der Waals surface area contributed by atoms with Gasteiger partial charge in [-0.15, -0.1) is 0 Å². The van der Waals surface area contributed by atoms with Gasteiger partial charge in [-0.25, -0.2) is 0 Å². The number of anilines is 1. The number of nitrogens with zero attached hydrogens (tertiary/aromatic N) is 2. The second-order valence-corrected chi connectivity index (χ2v) is 5.91. The minimum atomic E-state index is -0.611. The Bertz CT molecular complexity index is 652. The van der Waals surface area contributed by atoms with Crippen molar-refractivity contribution in [3.63, 3.8) is 0 Å². The molecule has 1 heterocycles. The number of halogens is 1. The third kappa shape index (κ3) is 4.42. The number of ether oxygens (including phenoxy) is 1. The lowest BCUT2D eigenvalue weighted by Crippen LogP contribution is -2.48. The van der Waals surface area contributed by atoms with Crippen molar-refractivity contribution in [2.24, 2.45) is 0 Å². The molecule has 1 saturated heterocycles. The molecule has 1 aromatic carbocycles. The summed E-state index contributed by atoms with van der Waals surface area (Å²) in [5.74, 6) is -0.809. The molecule has 1 aliphatic heterocycles. The summed E-state index contributed by atoms with van der Waals surface area (Å²) in [6, 6.07) is 3.55. The summed E-state index contributed by atoms with van der Waals surface area (Å²) in [7, 11) is 1.31. The van der Waals surface area contributed by atoms with Gasteiger partial charge in [0.25, 0.3) is 5.69 Å². The van der Waals surface area contributed by atoms with Gasteiger partial charge in [0.1, 0.15) is 11.7 Å². The maximum Gasteiger partial charge on any atom is 0.323 e. The Labute approximate surface area is 143 Å². The van der Waals surface area contributed by atoms with Gasteiger partial charge in [0.05, 0.1) is 18.6 Å². The standard InChI is InChI=1S/C15H18ClN3O5/c1-24-15(21)12-4-2-3-7-18(12)9-14(20)17-11-6-5-10(16)8-13(11)19(22)23/h5-6,8,12H,2-4,7,9H2,1H3,(H,17,20)/t12-/m1/s1. The van der Waals surface area contributed by atoms with Crippen LogP contribution in [0.25, 0.3) is 0 Å². The second kappa shape index (κ2) is 8.07. The maximum absolute atomic E-state index is 12.2. The van der Waals surface area contributed by atoms with Crippen LogP contribution in [-0.4, -0.2) is 47.9 Å². The third-order valence-electron chi connectivity index (χ3n) is 3.86. The number of esters is 1. The number of nitrogens with one attached hydrogen (secondary N) is 1. The summed E-state index contributed by atoms with van der Waals surface area (Å²) < 4.78 is 4.77. The summed E-state index contributed by atoms with van der Waals surface area (Å²) in [5.41, 5.74) is -0.208. The Morgan fingerprint density at radius 3 is 2.88 bits per heavy atom. The number of hydrogen-bond acceptors (Lipinski definition) is 6. The highest BCUT2D eigenvalue weighted by molar-refractivity contribution is 6.31. The van der Waals surface area contributed by atoms with Crippen molar-refractivity contribution < 1.29 is 19.2 Å². The van der Waals surface area contributed by atoms with Crippen molar-refractivity contribution in [3.8, 4) is 0 Å². The number of hydrogen-bond donors (Lipinski definition) is 1. The molecule has 1 fully saturated rings. The Kier molecular flexibility index (Phi) is 6.10. The zero-order chi connectivity index (χ0) is 17.7. The first-order valence-electron chi connectivity index (χ1n) is 7.48. The van der Waals surface area contributed by atoms with Gasteiger partial charge < -0.3 is 10.1 Å². The van der Waals surface area contributed by atoms with E-state index >= 15 is 0 Å². The maximum atomic E-state index is 12.2. The van der Waals surface area contributed by atoms with Crippen LogP contribution in [0.3, 0.4) is 0 Å². The van der Waals surface area contributed by atoms with Crippen LogP contribution in [0.4, 0.5) is 11.4 Å². The molecular weight excluding hydrogens is 338 g/mol. The van der Waals surface area contributed by atoms with E-state index in [-0.39, 0.29) is 28.9 Å². The molecular formula is C15H18ClN3O5. The number of methoxy groups -OCH3 is 1. The van der Waals surface area contributed by atoms with E-state index < -0.39 is 16.9 Å². The molecule has 1 aliphatic rings. The summed E-state index contributed by atoms with van der Waals surface area (Å²) >= 11 is 5.75. The number of carbonyl (C=O) groups is 2. The number of benzene rings is 1. The molecule has 0 unspecified atom stereocenters. The molecule has 0 aromatic heterocycles. The van der Waals surface area contributed by atoms with E-state index in [0.29, 0.717) is 13.0 Å². The third-order valence-corrected chi connectivity index (χ3v) is 4.10. The Balaban J connectivity index is 2.07. The Hall–Kier alpha value is -2.19. The quantitative estimate of drug-likeness (QED) is 0.493. The average Bonchev–Trinajstić information content (AvgIpc) is 2.56. The molecule has 8 nitrogen and oxygen atoms in total. The van der Waals surface area contributed by atoms with Crippen LogP contribution in [-0.2, 0) is 14.3 Å². The molecule has 0 aliphatic carbocycles. The van der Waals surface area contributed by atoms with Crippen LogP contribution in [0.5, 0.6) is 0 Å². The molecule has 1 aromatic rings. The molecule has 2 rings (SSSR count). The van der Waals surface area contributed by atoms with Crippen molar-refractivity contribution in [2.75, 3.05) is 25.5 Å². The minimum absolute atomic E-state index is 0.0421. The monoisotopic (exact) mass is 355 g/mol. The Morgan fingerprint density at radius 2 is 2.21 bits per heavy atom. The van der Waals surface area contributed by atoms with Gasteiger partial charge >= 0.3 is 5.97 Å². The lowest BCUT2D eigenvalue weighted by Gasteiger charge is -2.32. The van der Waals surface area contributed by atoms with Crippen LogP contribution in [0.1, 0.15) is 19.3 Å². The van der Waals surface area contributed by atoms with E-state index in [4.69, 9.17) is 16.3 Å². The highest BCUT2D eigenvalue weighted by Gasteiger charge is 2.31. The number of likely N-dealkylation sites (tertiary alicyclic amines) is 1. The number of carbonyl (C=O) groups excluding carboxylic acids is 2. The van der Waals surface area contributed by atoms with Crippen LogP contribution in [0.15, 0.2) is 18.2 Å². The van der Waals surface area contributed by atoms with Crippen LogP contribution >= 0.6 is 11.6 Å². The van der Waals surface area contributed by atoms with Crippen LogP contribution in [0.2, 0.25) is 5.02 Å². The molecule has 1 amide bonds. The van der Waals surface area contributed by atoms with Crippen molar-refractivity contribution in [3.05, 3.63) is 33.3 Å². The van der Waals surface area contributed by atoms with E-state index in [2.05, 4.69) is 5.32 Å². The fourth-order valence-electron chi connectivity index (χ4n) is 2.72. The van der Waals surface area contributed by atoms with E-state index in [9.17, 15) is 19.7 Å². The van der Waals surface area contributed by atoms with Crippen LogP contribution in [0, 0.1) is 10.1 Å². The summed E-state index contributed by atoms with van der Waals surface area (Å²) in [6.45, 7) is 0.551. The van der Waals surface area contributed by atoms with Crippen molar-refractivity contribution >= 4 is 34.9 Å². The fourth-order valence-corrected chi connectivity index (χ4v) is 2.89. The Morgan fingerprint density at radius 1 is 1.46 bits per heavy atom. The number of amides is 1. The van der Waals surface area contributed by atoms with Crippen molar-refractivity contribution in [1.29, 1.82) is 0 Å². The summed E-state index contributed by atoms with van der Waals surface area (Å²) in [5, 5.41) is 13.8. The lowest BCUT2D eigenvalue weighted by molar-refractivity contribution is -0.383. The zero-order valence-corrected chi connectivity index (χ0v) is 13.9. The fraction of sp³-hybridized carbons (Fsp3) is 0.467. The smallest absolute Gasteiger partial charge is 0.323 e. The zero-order valence-electron chi connectivity index (χ0n) is 13.2. The molecule has 130 valence electrons. The lowest BCUT2D eigenvalue weighted by atomic mass is 10.0. The topological polar surface area (TPSA) is 102 Å². The van der Waals surface area contributed by atoms with Crippen LogP contribution < -0.4 is 5.32 Å². The molecule has 9 heteroatoms. The highest BCUT2D eigenvalue weighted by Crippen LogP contribution is 2.28. The predicted octanol–water partition coefficient (Wildman–Crippen LogP) is 2.21. The largest absolute Gasteiger partial charge is 0.468 e. The SMILES string of the molecule is COC(=O)[C@H]1CCCCN1CC(=O)Nc1ccc(Cl)cc1[N+](=O)[O-]. The first-order chi connectivity index (χ1) is 11.4. The highest BCUT2D eigenvalue weighted by atomic mass is 35.5. The van der Waals surface area contributed by atoms with Gasteiger partial charge in [-0.1, -0.05) is 18.0 Å². The first kappa shape index (κ1) is 18.2. The van der Waals surface area contributed by atoms with Gasteiger partial charge in [0.15, 0.2) is 0 Å². The van der Waals surface area contributed by atoms with Gasteiger partial charge in [0, 0.05) is 11.1 Å². The molecule has 0 saturated carbocycles. The molecule has 0 spiro atoms. The number of rotatable bonds is 5. The first-order valence-corrected chi connectivity index (χ1v) is 7.86. The van der Waals surface area contributed by atoms with Gasteiger partial charge in [-0.2, -0.15) is 0 Å². The molecule has 1 atom stereocenters. The molecule has 24 heavy (non-hydrogen) atoms. The van der Waals surface area contributed by atoms with E-state index in [0.717, 1.165) is 12.8 Å². The van der Waals surface area contributed by atoms with Crippen molar-refractivity contribution in [1.82, 2.24) is 4.90 Å². The van der Waals surface area contributed by atoms with E-state index in [1.54, 1.807) is 4.90 Å². The summed E-state index contributed by atoms with van der Waals surface area (Å²) in [4.78, 5) is 36.2. The van der Waals surface area contributed by atoms with E-state index in [1.165, 1.54) is 25.3 Å². The number of piperidine rings is 1. The van der Waals surface area contributed by atoms with Crippen molar-refractivity contribution in [2.45, 2.75) is 25.3 Å². The number of nitro benzene ring substituents is 1. The molecule has 1 N–H and O–H groups in total. The van der Waals surface area contributed by atoms with Gasteiger partial charge in [-0.05, 0) is 31.5 Å².